The summed E-state index contributed by atoms with van der Waals surface area (Å²) in [6.45, 7) is 6.13. The number of rotatable bonds is 5. The van der Waals surface area contributed by atoms with Crippen LogP contribution in [0, 0.1) is 5.92 Å². The molecule has 2 aliphatic rings. The number of benzene rings is 1. The predicted molar refractivity (Wildman–Crippen MR) is 97.9 cm³/mol. The Balaban J connectivity index is 1.42. The first kappa shape index (κ1) is 17.4. The number of carbonyl (C=O) groups is 1. The minimum Gasteiger partial charge on any atom is -0.351 e. The molecule has 24 heavy (non-hydrogen) atoms. The lowest BCUT2D eigenvalue weighted by atomic mass is 9.89. The topological polar surface area (TPSA) is 44.4 Å². The van der Waals surface area contributed by atoms with E-state index in [4.69, 9.17) is 0 Å². The van der Waals surface area contributed by atoms with Gasteiger partial charge in [0.25, 0.3) is 0 Å². The molecule has 0 aromatic heterocycles. The quantitative estimate of drug-likeness (QED) is 0.870. The highest BCUT2D eigenvalue weighted by Gasteiger charge is 2.28. The van der Waals surface area contributed by atoms with Gasteiger partial charge in [-0.15, -0.1) is 0 Å². The first-order valence-corrected chi connectivity index (χ1v) is 9.51. The molecule has 0 bridgehead atoms. The third-order valence-electron chi connectivity index (χ3n) is 5.59. The zero-order chi connectivity index (χ0) is 16.8. The summed E-state index contributed by atoms with van der Waals surface area (Å²) in [5.74, 6) is 0.951. The van der Waals surface area contributed by atoms with Crippen LogP contribution in [0.3, 0.4) is 0 Å². The van der Waals surface area contributed by atoms with Crippen LogP contribution in [-0.2, 0) is 11.2 Å². The summed E-state index contributed by atoms with van der Waals surface area (Å²) in [5.41, 5.74) is 1.44. The van der Waals surface area contributed by atoms with Crippen molar-refractivity contribution in [3.63, 3.8) is 0 Å². The average Bonchev–Trinajstić information content (AvgIpc) is 2.63. The molecule has 2 aliphatic heterocycles. The van der Waals surface area contributed by atoms with E-state index in [0.29, 0.717) is 6.04 Å². The Labute approximate surface area is 146 Å². The summed E-state index contributed by atoms with van der Waals surface area (Å²) in [5, 5.41) is 6.58. The van der Waals surface area contributed by atoms with Gasteiger partial charge in [-0.05, 0) is 70.1 Å². The molecule has 0 saturated carbocycles. The van der Waals surface area contributed by atoms with Crippen LogP contribution in [0.5, 0.6) is 0 Å². The zero-order valence-electron chi connectivity index (χ0n) is 14.8. The SMILES string of the molecule is CC(C(=O)N[C@H]1CCCNC1)N1CCC(Cc2ccccc2)CC1. The number of amides is 1. The van der Waals surface area contributed by atoms with E-state index < -0.39 is 0 Å². The second-order valence-electron chi connectivity index (χ2n) is 7.40. The molecule has 3 rings (SSSR count). The van der Waals surface area contributed by atoms with Crippen LogP contribution in [0.1, 0.15) is 38.2 Å². The van der Waals surface area contributed by atoms with E-state index in [2.05, 4.69) is 52.8 Å². The highest BCUT2D eigenvalue weighted by molar-refractivity contribution is 5.81. The van der Waals surface area contributed by atoms with Crippen molar-refractivity contribution in [3.05, 3.63) is 35.9 Å². The van der Waals surface area contributed by atoms with Crippen molar-refractivity contribution in [3.8, 4) is 0 Å². The summed E-state index contributed by atoms with van der Waals surface area (Å²) in [7, 11) is 0. The molecule has 2 atom stereocenters. The second-order valence-corrected chi connectivity index (χ2v) is 7.40. The highest BCUT2D eigenvalue weighted by Crippen LogP contribution is 2.23. The molecule has 1 aromatic rings. The molecule has 1 aromatic carbocycles. The van der Waals surface area contributed by atoms with E-state index in [0.717, 1.165) is 44.9 Å². The summed E-state index contributed by atoms with van der Waals surface area (Å²) in [6.07, 6.45) is 5.81. The Morgan fingerprint density at radius 2 is 2.00 bits per heavy atom. The van der Waals surface area contributed by atoms with Gasteiger partial charge in [0.05, 0.1) is 6.04 Å². The molecule has 0 spiro atoms. The lowest BCUT2D eigenvalue weighted by molar-refractivity contribution is -0.127. The second kappa shape index (κ2) is 8.63. The van der Waals surface area contributed by atoms with E-state index in [1.54, 1.807) is 0 Å². The van der Waals surface area contributed by atoms with E-state index >= 15 is 0 Å². The average molecular weight is 329 g/mol. The van der Waals surface area contributed by atoms with Crippen molar-refractivity contribution in [1.29, 1.82) is 0 Å². The molecular formula is C20H31N3O. The molecule has 0 radical (unpaired) electrons. The van der Waals surface area contributed by atoms with Crippen molar-refractivity contribution in [2.75, 3.05) is 26.2 Å². The van der Waals surface area contributed by atoms with Crippen molar-refractivity contribution in [2.24, 2.45) is 5.92 Å². The summed E-state index contributed by atoms with van der Waals surface area (Å²) < 4.78 is 0. The predicted octanol–water partition coefficient (Wildman–Crippen LogP) is 2.20. The number of carbonyl (C=O) groups excluding carboxylic acids is 1. The van der Waals surface area contributed by atoms with Crippen LogP contribution in [-0.4, -0.2) is 49.1 Å². The number of nitrogens with zero attached hydrogens (tertiary/aromatic N) is 1. The van der Waals surface area contributed by atoms with Crippen LogP contribution >= 0.6 is 0 Å². The van der Waals surface area contributed by atoms with Gasteiger partial charge in [0, 0.05) is 12.6 Å². The molecule has 2 fully saturated rings. The molecule has 2 N–H and O–H groups in total. The van der Waals surface area contributed by atoms with Gasteiger partial charge in [0.1, 0.15) is 0 Å². The molecule has 1 amide bonds. The van der Waals surface area contributed by atoms with Gasteiger partial charge in [0.2, 0.25) is 5.91 Å². The summed E-state index contributed by atoms with van der Waals surface area (Å²) in [4.78, 5) is 14.9. The van der Waals surface area contributed by atoms with Gasteiger partial charge >= 0.3 is 0 Å². The molecule has 1 unspecified atom stereocenters. The van der Waals surface area contributed by atoms with Gasteiger partial charge in [-0.2, -0.15) is 0 Å². The molecule has 0 aliphatic carbocycles. The van der Waals surface area contributed by atoms with Crippen LogP contribution in [0.2, 0.25) is 0 Å². The van der Waals surface area contributed by atoms with Crippen molar-refractivity contribution in [1.82, 2.24) is 15.5 Å². The van der Waals surface area contributed by atoms with Crippen LogP contribution < -0.4 is 10.6 Å². The third-order valence-corrected chi connectivity index (χ3v) is 5.59. The Morgan fingerprint density at radius 1 is 1.25 bits per heavy atom. The van der Waals surface area contributed by atoms with Crippen molar-refractivity contribution < 1.29 is 4.79 Å². The smallest absolute Gasteiger partial charge is 0.237 e. The van der Waals surface area contributed by atoms with E-state index in [1.807, 2.05) is 0 Å². The van der Waals surface area contributed by atoms with E-state index in [9.17, 15) is 4.79 Å². The number of hydrogen-bond donors (Lipinski definition) is 2. The monoisotopic (exact) mass is 329 g/mol. The van der Waals surface area contributed by atoms with Crippen molar-refractivity contribution in [2.45, 2.75) is 51.1 Å². The van der Waals surface area contributed by atoms with E-state index in [-0.39, 0.29) is 11.9 Å². The number of nitrogens with one attached hydrogen (secondary N) is 2. The van der Waals surface area contributed by atoms with Gasteiger partial charge < -0.3 is 10.6 Å². The first-order chi connectivity index (χ1) is 11.7. The number of hydrogen-bond acceptors (Lipinski definition) is 3. The minimum absolute atomic E-state index is 0.00963. The maximum Gasteiger partial charge on any atom is 0.237 e. The minimum atomic E-state index is -0.00963. The zero-order valence-corrected chi connectivity index (χ0v) is 14.8. The third kappa shape index (κ3) is 4.81. The van der Waals surface area contributed by atoms with Gasteiger partial charge in [-0.25, -0.2) is 0 Å². The summed E-state index contributed by atoms with van der Waals surface area (Å²) >= 11 is 0. The number of piperidine rings is 2. The Bertz CT molecular complexity index is 505. The lowest BCUT2D eigenvalue weighted by Gasteiger charge is -2.36. The first-order valence-electron chi connectivity index (χ1n) is 9.51. The van der Waals surface area contributed by atoms with Crippen molar-refractivity contribution >= 4 is 5.91 Å². The summed E-state index contributed by atoms with van der Waals surface area (Å²) in [6, 6.07) is 11.1. The molecule has 132 valence electrons. The van der Waals surface area contributed by atoms with E-state index in [1.165, 1.54) is 24.8 Å². The Morgan fingerprint density at radius 3 is 2.67 bits per heavy atom. The van der Waals surface area contributed by atoms with Gasteiger partial charge in [-0.3, -0.25) is 9.69 Å². The Hall–Kier alpha value is -1.39. The maximum atomic E-state index is 12.5. The lowest BCUT2D eigenvalue weighted by Crippen LogP contribution is -2.53. The normalized spacial score (nSPS) is 24.5. The Kier molecular flexibility index (Phi) is 6.27. The molecule has 4 nitrogen and oxygen atoms in total. The van der Waals surface area contributed by atoms with Crippen LogP contribution in [0.15, 0.2) is 30.3 Å². The number of likely N-dealkylation sites (tertiary alicyclic amines) is 1. The van der Waals surface area contributed by atoms with Crippen LogP contribution in [0.4, 0.5) is 0 Å². The highest BCUT2D eigenvalue weighted by atomic mass is 16.2. The standard InChI is InChI=1S/C20H31N3O/c1-16(20(24)22-19-8-5-11-21-15-19)23-12-9-18(10-13-23)14-17-6-3-2-4-7-17/h2-4,6-7,16,18-19,21H,5,8-15H2,1H3,(H,22,24)/t16?,19-/m0/s1. The largest absolute Gasteiger partial charge is 0.351 e. The van der Waals surface area contributed by atoms with Crippen LogP contribution in [0.25, 0.3) is 0 Å². The molecule has 2 saturated heterocycles. The fourth-order valence-electron chi connectivity index (χ4n) is 3.95. The van der Waals surface area contributed by atoms with Gasteiger partial charge in [0.15, 0.2) is 0 Å². The molecular weight excluding hydrogens is 298 g/mol. The molecule has 2 heterocycles. The molecule has 4 heteroatoms. The fraction of sp³-hybridized carbons (Fsp3) is 0.650. The van der Waals surface area contributed by atoms with Gasteiger partial charge in [-0.1, -0.05) is 30.3 Å². The maximum absolute atomic E-state index is 12.5. The fourth-order valence-corrected chi connectivity index (χ4v) is 3.95.